The molecule has 0 radical (unpaired) electrons. The van der Waals surface area contributed by atoms with E-state index in [4.69, 9.17) is 14.5 Å². The molecule has 1 unspecified atom stereocenters. The Bertz CT molecular complexity index is 2430. The number of nitrogens with one attached hydrogen (secondary N) is 2. The van der Waals surface area contributed by atoms with Crippen LogP contribution >= 0.6 is 11.8 Å². The van der Waals surface area contributed by atoms with E-state index in [0.717, 1.165) is 41.8 Å². The first kappa shape index (κ1) is 42.9. The van der Waals surface area contributed by atoms with Gasteiger partial charge in [-0.3, -0.25) is 38.7 Å². The van der Waals surface area contributed by atoms with Crippen LogP contribution in [0.3, 0.4) is 0 Å². The van der Waals surface area contributed by atoms with Crippen LogP contribution in [0, 0.1) is 6.92 Å². The summed E-state index contributed by atoms with van der Waals surface area (Å²) in [5.74, 6) is 0.403. The molecule has 62 heavy (non-hydrogen) atoms. The quantitative estimate of drug-likeness (QED) is 0.0704. The van der Waals surface area contributed by atoms with E-state index >= 15 is 0 Å². The Balaban J connectivity index is 0.732. The third-order valence-corrected chi connectivity index (χ3v) is 13.2. The summed E-state index contributed by atoms with van der Waals surface area (Å²) < 4.78 is 13.2. The van der Waals surface area contributed by atoms with Gasteiger partial charge in [-0.1, -0.05) is 18.9 Å². The third-order valence-electron chi connectivity index (χ3n) is 12.1. The van der Waals surface area contributed by atoms with Crippen LogP contribution in [-0.2, 0) is 30.4 Å². The second-order valence-corrected chi connectivity index (χ2v) is 17.1. The average Bonchev–Trinajstić information content (AvgIpc) is 3.92. The standard InChI is InChI=1S/C44H51N9O8S/c1-27-32-25-46-44(49-40(32)53(29-6-3-4-7-29)43(59)39(27)28(2)54)47-36-12-10-30(24-45-36)50-15-17-51(18-16-50)38(56)14-19-60-20-21-61-22-23-62-35-9-5-8-31-33(35)26-52(42(31)58)34-11-13-37(55)48-41(34)57/h5,8-10,12,24-25,29,34H,3-4,6-7,11,13-23,26H2,1-2H3,(H,48,55,57)(H,45,46,47,49). The second kappa shape index (κ2) is 19.1. The second-order valence-electron chi connectivity index (χ2n) is 16.0. The predicted molar refractivity (Wildman–Crippen MR) is 232 cm³/mol. The van der Waals surface area contributed by atoms with E-state index in [-0.39, 0.29) is 53.5 Å². The molecule has 0 spiro atoms. The Hall–Kier alpha value is -5.72. The number of ether oxygens (including phenoxy) is 2. The molecule has 3 aromatic heterocycles. The molecule has 1 atom stereocenters. The highest BCUT2D eigenvalue weighted by molar-refractivity contribution is 7.99. The van der Waals surface area contributed by atoms with Gasteiger partial charge in [0.1, 0.15) is 17.5 Å². The van der Waals surface area contributed by atoms with Crippen LogP contribution in [0.4, 0.5) is 17.5 Å². The van der Waals surface area contributed by atoms with Gasteiger partial charge in [-0.2, -0.15) is 4.98 Å². The summed E-state index contributed by atoms with van der Waals surface area (Å²) in [5, 5.41) is 6.20. The highest BCUT2D eigenvalue weighted by Crippen LogP contribution is 2.35. The van der Waals surface area contributed by atoms with Crippen LogP contribution in [0.25, 0.3) is 11.0 Å². The molecule has 1 aliphatic carbocycles. The number of fused-ring (bicyclic) bond motifs is 2. The van der Waals surface area contributed by atoms with Gasteiger partial charge in [0.25, 0.3) is 11.5 Å². The van der Waals surface area contributed by atoms with Crippen molar-refractivity contribution in [2.24, 2.45) is 0 Å². The first-order chi connectivity index (χ1) is 30.1. The monoisotopic (exact) mass is 865 g/mol. The maximum Gasteiger partial charge on any atom is 0.263 e. The van der Waals surface area contributed by atoms with Gasteiger partial charge in [-0.05, 0) is 68.5 Å². The summed E-state index contributed by atoms with van der Waals surface area (Å²) in [4.78, 5) is 96.5. The largest absolute Gasteiger partial charge is 0.379 e. The van der Waals surface area contributed by atoms with Gasteiger partial charge in [0, 0.05) is 73.0 Å². The third kappa shape index (κ3) is 9.22. The normalized spacial score (nSPS) is 18.1. The number of imide groups is 1. The number of thioether (sulfide) groups is 1. The van der Waals surface area contributed by atoms with E-state index in [0.29, 0.717) is 105 Å². The number of pyridine rings is 2. The molecule has 1 aromatic carbocycles. The fourth-order valence-corrected chi connectivity index (χ4v) is 9.77. The van der Waals surface area contributed by atoms with Crippen molar-refractivity contribution in [1.82, 2.24) is 34.6 Å². The minimum atomic E-state index is -0.644. The number of ketones is 1. The lowest BCUT2D eigenvalue weighted by atomic mass is 10.0. The number of amides is 4. The zero-order valence-corrected chi connectivity index (χ0v) is 35.8. The molecule has 4 amide bonds. The van der Waals surface area contributed by atoms with E-state index in [1.165, 1.54) is 6.92 Å². The number of rotatable bonds is 16. The fraction of sp³-hybridized carbons (Fsp3) is 0.477. The van der Waals surface area contributed by atoms with E-state index in [1.807, 2.05) is 29.2 Å². The number of piperazine rings is 1. The number of Topliss-reactive ketones (excluding diaryl/α,β-unsaturated/α-hetero) is 1. The zero-order valence-electron chi connectivity index (χ0n) is 35.0. The highest BCUT2D eigenvalue weighted by Gasteiger charge is 2.40. The number of nitrogens with zero attached hydrogens (tertiary/aromatic N) is 7. The molecule has 1 saturated carbocycles. The van der Waals surface area contributed by atoms with Gasteiger partial charge in [-0.15, -0.1) is 11.8 Å². The van der Waals surface area contributed by atoms with Crippen molar-refractivity contribution < 1.29 is 33.4 Å². The van der Waals surface area contributed by atoms with Gasteiger partial charge in [-0.25, -0.2) is 9.97 Å². The lowest BCUT2D eigenvalue weighted by Gasteiger charge is -2.36. The molecule has 2 N–H and O–H groups in total. The maximum atomic E-state index is 13.6. The Kier molecular flexibility index (Phi) is 13.2. The molecule has 0 bridgehead atoms. The molecule has 18 heteroatoms. The predicted octanol–water partition coefficient (Wildman–Crippen LogP) is 4.18. The summed E-state index contributed by atoms with van der Waals surface area (Å²) in [5.41, 5.74) is 3.45. The van der Waals surface area contributed by atoms with E-state index in [1.54, 1.807) is 46.6 Å². The van der Waals surface area contributed by atoms with Gasteiger partial charge < -0.3 is 29.5 Å². The van der Waals surface area contributed by atoms with Crippen molar-refractivity contribution in [2.45, 2.75) is 82.3 Å². The van der Waals surface area contributed by atoms with Crippen LogP contribution in [0.15, 0.2) is 52.4 Å². The molecule has 17 nitrogen and oxygen atoms in total. The minimum Gasteiger partial charge on any atom is -0.379 e. The molecule has 4 aromatic rings. The fourth-order valence-electron chi connectivity index (χ4n) is 8.83. The van der Waals surface area contributed by atoms with Crippen LogP contribution in [0.5, 0.6) is 0 Å². The molecule has 3 fully saturated rings. The number of carbonyl (C=O) groups excluding carboxylic acids is 5. The highest BCUT2D eigenvalue weighted by atomic mass is 32.2. The number of piperidine rings is 1. The van der Waals surface area contributed by atoms with E-state index < -0.39 is 11.9 Å². The van der Waals surface area contributed by atoms with E-state index in [2.05, 4.69) is 25.5 Å². The molecular weight excluding hydrogens is 815 g/mol. The Morgan fingerprint density at radius 3 is 2.42 bits per heavy atom. The topological polar surface area (TPSA) is 198 Å². The summed E-state index contributed by atoms with van der Waals surface area (Å²) in [6.45, 7) is 7.60. The molecule has 8 rings (SSSR count). The molecule has 2 saturated heterocycles. The first-order valence-corrected chi connectivity index (χ1v) is 22.3. The molecule has 326 valence electrons. The Morgan fingerprint density at radius 1 is 0.919 bits per heavy atom. The average molecular weight is 866 g/mol. The molecule has 3 aliphatic heterocycles. The summed E-state index contributed by atoms with van der Waals surface area (Å²) in [6.07, 6.45) is 8.07. The number of anilines is 3. The number of aryl methyl sites for hydroxylation is 1. The Labute approximate surface area is 362 Å². The van der Waals surface area contributed by atoms with Gasteiger partial charge in [0.15, 0.2) is 5.78 Å². The van der Waals surface area contributed by atoms with Crippen molar-refractivity contribution in [3.63, 3.8) is 0 Å². The number of hydrogen-bond donors (Lipinski definition) is 2. The number of benzene rings is 1. The molecular formula is C44H51N9O8S. The van der Waals surface area contributed by atoms with Crippen LogP contribution < -0.4 is 21.1 Å². The SMILES string of the molecule is CC(=O)c1c(C)c2cnc(Nc3ccc(N4CCN(C(=O)CCOCCOCCSc5cccc6c5CN(C5CCC(=O)NC5=O)C6=O)CC4)cn3)nc2n(C2CCCC2)c1=O. The van der Waals surface area contributed by atoms with Crippen LogP contribution in [-0.4, -0.2) is 123 Å². The van der Waals surface area contributed by atoms with Crippen molar-refractivity contribution in [3.8, 4) is 0 Å². The minimum absolute atomic E-state index is 0.00854. The van der Waals surface area contributed by atoms with Gasteiger partial charge in [0.2, 0.25) is 23.7 Å². The van der Waals surface area contributed by atoms with Gasteiger partial charge >= 0.3 is 0 Å². The number of hydrogen-bond acceptors (Lipinski definition) is 14. The molecule has 6 heterocycles. The smallest absolute Gasteiger partial charge is 0.263 e. The van der Waals surface area contributed by atoms with Crippen molar-refractivity contribution in [2.75, 3.05) is 68.6 Å². The summed E-state index contributed by atoms with van der Waals surface area (Å²) in [6, 6.07) is 8.75. The van der Waals surface area contributed by atoms with Crippen molar-refractivity contribution in [1.29, 1.82) is 0 Å². The lowest BCUT2D eigenvalue weighted by molar-refractivity contribution is -0.137. The lowest BCUT2D eigenvalue weighted by Crippen LogP contribution is -2.52. The Morgan fingerprint density at radius 2 is 1.69 bits per heavy atom. The van der Waals surface area contributed by atoms with Crippen molar-refractivity contribution in [3.05, 3.63) is 75.3 Å². The number of carbonyl (C=O) groups is 5. The first-order valence-electron chi connectivity index (χ1n) is 21.3. The van der Waals surface area contributed by atoms with Crippen molar-refractivity contribution >= 4 is 69.7 Å². The summed E-state index contributed by atoms with van der Waals surface area (Å²) in [7, 11) is 0. The maximum absolute atomic E-state index is 13.6. The van der Waals surface area contributed by atoms with E-state index in [9.17, 15) is 28.8 Å². The summed E-state index contributed by atoms with van der Waals surface area (Å²) >= 11 is 1.59. The molecule has 4 aliphatic rings. The van der Waals surface area contributed by atoms with Crippen LogP contribution in [0.1, 0.15) is 89.8 Å². The number of aromatic nitrogens is 4. The van der Waals surface area contributed by atoms with Crippen LogP contribution in [0.2, 0.25) is 0 Å². The zero-order chi connectivity index (χ0) is 43.3. The van der Waals surface area contributed by atoms with Gasteiger partial charge in [0.05, 0.1) is 50.3 Å².